The summed E-state index contributed by atoms with van der Waals surface area (Å²) in [5.74, 6) is -0.188. The van der Waals surface area contributed by atoms with Crippen LogP contribution >= 0.6 is 0 Å². The summed E-state index contributed by atoms with van der Waals surface area (Å²) in [5, 5.41) is 13.7. The average Bonchev–Trinajstić information content (AvgIpc) is 2.77. The summed E-state index contributed by atoms with van der Waals surface area (Å²) in [4.78, 5) is 26.4. The Hall–Kier alpha value is -1.89. The molecule has 0 saturated carbocycles. The van der Waals surface area contributed by atoms with Gasteiger partial charge in [-0.3, -0.25) is 14.9 Å². The standard InChI is InChI=1S/C10H14N4O3/c1-7-6-13(3-2-11-7)10(15)9-4-8(5-12-9)14(16)17/h4-5,7,11-12H,2-3,6H2,1H3/t7-/m1/s1. The number of rotatable bonds is 2. The molecular formula is C10H14N4O3. The second-order valence-corrected chi connectivity index (χ2v) is 4.14. The number of H-pyrrole nitrogens is 1. The highest BCUT2D eigenvalue weighted by Gasteiger charge is 2.23. The van der Waals surface area contributed by atoms with Crippen molar-refractivity contribution >= 4 is 11.6 Å². The normalized spacial score (nSPS) is 20.3. The summed E-state index contributed by atoms with van der Waals surface area (Å²) in [6.45, 7) is 3.98. The predicted molar refractivity (Wildman–Crippen MR) is 60.8 cm³/mol. The molecule has 2 rings (SSSR count). The largest absolute Gasteiger partial charge is 0.351 e. The van der Waals surface area contributed by atoms with Gasteiger partial charge in [0.2, 0.25) is 0 Å². The van der Waals surface area contributed by atoms with Crippen LogP contribution in [0, 0.1) is 10.1 Å². The van der Waals surface area contributed by atoms with Crippen LogP contribution in [-0.4, -0.2) is 46.4 Å². The van der Waals surface area contributed by atoms with Crippen LogP contribution in [0.15, 0.2) is 12.3 Å². The molecule has 7 heteroatoms. The fraction of sp³-hybridized carbons (Fsp3) is 0.500. The molecule has 0 unspecified atom stereocenters. The zero-order chi connectivity index (χ0) is 12.4. The van der Waals surface area contributed by atoms with Gasteiger partial charge in [0, 0.05) is 31.7 Å². The summed E-state index contributed by atoms with van der Waals surface area (Å²) in [7, 11) is 0. The van der Waals surface area contributed by atoms with E-state index in [1.807, 2.05) is 6.92 Å². The molecule has 7 nitrogen and oxygen atoms in total. The molecule has 0 aliphatic carbocycles. The van der Waals surface area contributed by atoms with E-state index in [0.29, 0.717) is 13.1 Å². The van der Waals surface area contributed by atoms with E-state index in [1.165, 1.54) is 12.3 Å². The molecule has 1 aliphatic rings. The lowest BCUT2D eigenvalue weighted by Gasteiger charge is -2.31. The van der Waals surface area contributed by atoms with Gasteiger partial charge in [-0.25, -0.2) is 0 Å². The second kappa shape index (κ2) is 4.54. The van der Waals surface area contributed by atoms with Gasteiger partial charge in [-0.1, -0.05) is 0 Å². The van der Waals surface area contributed by atoms with Crippen molar-refractivity contribution in [3.8, 4) is 0 Å². The van der Waals surface area contributed by atoms with E-state index in [1.54, 1.807) is 4.90 Å². The molecule has 1 saturated heterocycles. The van der Waals surface area contributed by atoms with Crippen molar-refractivity contribution in [3.05, 3.63) is 28.1 Å². The summed E-state index contributed by atoms with van der Waals surface area (Å²) in [5.41, 5.74) is 0.183. The van der Waals surface area contributed by atoms with E-state index in [2.05, 4.69) is 10.3 Å². The highest BCUT2D eigenvalue weighted by Crippen LogP contribution is 2.14. The third kappa shape index (κ3) is 2.44. The molecule has 1 amide bonds. The number of carbonyl (C=O) groups excluding carboxylic acids is 1. The number of carbonyl (C=O) groups is 1. The SMILES string of the molecule is C[C@@H]1CN(C(=O)c2cc([N+](=O)[O-])c[nH]2)CCN1. The van der Waals surface area contributed by atoms with Crippen molar-refractivity contribution in [1.82, 2.24) is 15.2 Å². The molecule has 0 spiro atoms. The summed E-state index contributed by atoms with van der Waals surface area (Å²) in [6, 6.07) is 1.52. The van der Waals surface area contributed by atoms with Gasteiger partial charge in [0.25, 0.3) is 11.6 Å². The van der Waals surface area contributed by atoms with Crippen LogP contribution in [0.1, 0.15) is 17.4 Å². The van der Waals surface area contributed by atoms with Crippen LogP contribution in [0.5, 0.6) is 0 Å². The van der Waals surface area contributed by atoms with E-state index in [-0.39, 0.29) is 23.3 Å². The third-order valence-corrected chi connectivity index (χ3v) is 2.76. The van der Waals surface area contributed by atoms with Crippen molar-refractivity contribution in [3.63, 3.8) is 0 Å². The Labute approximate surface area is 97.9 Å². The maximum atomic E-state index is 12.0. The number of piperazine rings is 1. The van der Waals surface area contributed by atoms with Crippen LogP contribution < -0.4 is 5.32 Å². The van der Waals surface area contributed by atoms with Crippen LogP contribution in [0.4, 0.5) is 5.69 Å². The Morgan fingerprint density at radius 3 is 3.00 bits per heavy atom. The Morgan fingerprint density at radius 1 is 1.65 bits per heavy atom. The molecular weight excluding hydrogens is 224 g/mol. The van der Waals surface area contributed by atoms with E-state index in [9.17, 15) is 14.9 Å². The lowest BCUT2D eigenvalue weighted by atomic mass is 10.2. The minimum atomic E-state index is -0.520. The summed E-state index contributed by atoms with van der Waals surface area (Å²) >= 11 is 0. The molecule has 92 valence electrons. The van der Waals surface area contributed by atoms with Crippen molar-refractivity contribution in [2.45, 2.75) is 13.0 Å². The number of nitrogens with one attached hydrogen (secondary N) is 2. The number of nitro groups is 1. The van der Waals surface area contributed by atoms with Crippen LogP contribution in [0.3, 0.4) is 0 Å². The first-order valence-corrected chi connectivity index (χ1v) is 5.43. The maximum Gasteiger partial charge on any atom is 0.287 e. The quantitative estimate of drug-likeness (QED) is 0.574. The van der Waals surface area contributed by atoms with Crippen LogP contribution in [0.2, 0.25) is 0 Å². The van der Waals surface area contributed by atoms with Gasteiger partial charge >= 0.3 is 0 Å². The zero-order valence-electron chi connectivity index (χ0n) is 9.47. The number of nitrogens with zero attached hydrogens (tertiary/aromatic N) is 2. The molecule has 2 N–H and O–H groups in total. The van der Waals surface area contributed by atoms with Gasteiger partial charge in [-0.15, -0.1) is 0 Å². The van der Waals surface area contributed by atoms with Gasteiger partial charge in [-0.2, -0.15) is 0 Å². The van der Waals surface area contributed by atoms with Crippen molar-refractivity contribution in [2.24, 2.45) is 0 Å². The number of hydrogen-bond donors (Lipinski definition) is 2. The average molecular weight is 238 g/mol. The third-order valence-electron chi connectivity index (χ3n) is 2.76. The highest BCUT2D eigenvalue weighted by molar-refractivity contribution is 5.93. The molecule has 0 aromatic carbocycles. The Bertz CT molecular complexity index is 443. The Kier molecular flexibility index (Phi) is 3.10. The van der Waals surface area contributed by atoms with Crippen LogP contribution in [0.25, 0.3) is 0 Å². The summed E-state index contributed by atoms with van der Waals surface area (Å²) in [6.07, 6.45) is 1.23. The predicted octanol–water partition coefficient (Wildman–Crippen LogP) is 0.357. The molecule has 1 aromatic rings. The molecule has 1 aromatic heterocycles. The Balaban J connectivity index is 2.10. The minimum Gasteiger partial charge on any atom is -0.351 e. The van der Waals surface area contributed by atoms with Crippen molar-refractivity contribution in [1.29, 1.82) is 0 Å². The molecule has 0 radical (unpaired) electrons. The number of aromatic nitrogens is 1. The van der Waals surface area contributed by atoms with E-state index >= 15 is 0 Å². The topological polar surface area (TPSA) is 91.3 Å². The van der Waals surface area contributed by atoms with Crippen LogP contribution in [-0.2, 0) is 0 Å². The molecule has 17 heavy (non-hydrogen) atoms. The van der Waals surface area contributed by atoms with Crippen molar-refractivity contribution in [2.75, 3.05) is 19.6 Å². The number of aromatic amines is 1. The van der Waals surface area contributed by atoms with Gasteiger partial charge in [0.1, 0.15) is 5.69 Å². The maximum absolute atomic E-state index is 12.0. The van der Waals surface area contributed by atoms with Gasteiger partial charge < -0.3 is 15.2 Å². The van der Waals surface area contributed by atoms with Gasteiger partial charge in [-0.05, 0) is 6.92 Å². The number of hydrogen-bond acceptors (Lipinski definition) is 4. The smallest absolute Gasteiger partial charge is 0.287 e. The lowest BCUT2D eigenvalue weighted by molar-refractivity contribution is -0.384. The molecule has 1 fully saturated rings. The molecule has 2 heterocycles. The van der Waals surface area contributed by atoms with Gasteiger partial charge in [0.15, 0.2) is 0 Å². The summed E-state index contributed by atoms with van der Waals surface area (Å²) < 4.78 is 0. The minimum absolute atomic E-state index is 0.0865. The fourth-order valence-electron chi connectivity index (χ4n) is 1.90. The first-order chi connectivity index (χ1) is 8.08. The molecule has 1 aliphatic heterocycles. The van der Waals surface area contributed by atoms with Crippen molar-refractivity contribution < 1.29 is 9.72 Å². The van der Waals surface area contributed by atoms with E-state index in [4.69, 9.17) is 0 Å². The fourth-order valence-corrected chi connectivity index (χ4v) is 1.90. The molecule has 1 atom stereocenters. The second-order valence-electron chi connectivity index (χ2n) is 4.14. The monoisotopic (exact) mass is 238 g/mol. The zero-order valence-corrected chi connectivity index (χ0v) is 9.47. The first-order valence-electron chi connectivity index (χ1n) is 5.43. The Morgan fingerprint density at radius 2 is 2.41 bits per heavy atom. The van der Waals surface area contributed by atoms with Gasteiger partial charge in [0.05, 0.1) is 11.1 Å². The lowest BCUT2D eigenvalue weighted by Crippen LogP contribution is -2.51. The first kappa shape index (κ1) is 11.6. The highest BCUT2D eigenvalue weighted by atomic mass is 16.6. The van der Waals surface area contributed by atoms with E-state index < -0.39 is 4.92 Å². The van der Waals surface area contributed by atoms with E-state index in [0.717, 1.165) is 6.54 Å². The molecule has 0 bridgehead atoms. The number of amides is 1.